The van der Waals surface area contributed by atoms with Gasteiger partial charge < -0.3 is 13.8 Å². The highest BCUT2D eigenvalue weighted by atomic mass is 35.6. The normalized spacial score (nSPS) is 11.2. The lowest BCUT2D eigenvalue weighted by molar-refractivity contribution is 0.408. The highest BCUT2D eigenvalue weighted by Crippen LogP contribution is 2.37. The van der Waals surface area contributed by atoms with Gasteiger partial charge in [-0.3, -0.25) is 5.32 Å². The number of methoxy groups -OCH3 is 1. The Labute approximate surface area is 178 Å². The van der Waals surface area contributed by atoms with Crippen LogP contribution in [0.25, 0.3) is 11.1 Å². The van der Waals surface area contributed by atoms with E-state index in [-0.39, 0.29) is 17.7 Å². The summed E-state index contributed by atoms with van der Waals surface area (Å²) < 4.78 is 13.9. The molecule has 0 fully saturated rings. The summed E-state index contributed by atoms with van der Waals surface area (Å²) >= 11 is 17.2. The molecule has 0 aliphatic heterocycles. The summed E-state index contributed by atoms with van der Waals surface area (Å²) in [6.45, 7) is 0. The second-order valence-corrected chi connectivity index (χ2v) is 7.70. The average Bonchev–Trinajstić information content (AvgIpc) is 3.34. The highest BCUT2D eigenvalue weighted by molar-refractivity contribution is 6.66. The molecule has 4 aromatic heterocycles. The van der Waals surface area contributed by atoms with Crippen LogP contribution in [0.15, 0.2) is 39.6 Å². The van der Waals surface area contributed by atoms with Crippen molar-refractivity contribution >= 4 is 57.7 Å². The third-order valence-electron chi connectivity index (χ3n) is 3.56. The van der Waals surface area contributed by atoms with E-state index in [1.54, 1.807) is 18.3 Å². The monoisotopic (exact) mass is 450 g/mol. The number of pyridine rings is 2. The van der Waals surface area contributed by atoms with Crippen molar-refractivity contribution in [1.82, 2.24) is 25.3 Å². The van der Waals surface area contributed by atoms with Gasteiger partial charge in [-0.15, -0.1) is 0 Å². The molecule has 0 unspecified atom stereocenters. The number of ether oxygens (including phenoxy) is 1. The van der Waals surface area contributed by atoms with E-state index < -0.39 is 3.79 Å². The van der Waals surface area contributed by atoms with Crippen LogP contribution in [-0.4, -0.2) is 32.4 Å². The van der Waals surface area contributed by atoms with Crippen LogP contribution in [0.3, 0.4) is 0 Å². The van der Waals surface area contributed by atoms with Gasteiger partial charge in [-0.05, 0) is 18.1 Å². The van der Waals surface area contributed by atoms with Crippen LogP contribution >= 0.6 is 34.8 Å². The molecule has 0 bridgehead atoms. The van der Waals surface area contributed by atoms with Gasteiger partial charge >= 0.3 is 6.01 Å². The van der Waals surface area contributed by atoms with Gasteiger partial charge in [0.1, 0.15) is 11.3 Å². The number of nitrogens with zero attached hydrogens (tertiary/aromatic N) is 5. The molecule has 0 saturated carbocycles. The van der Waals surface area contributed by atoms with Crippen molar-refractivity contribution in [3.63, 3.8) is 0 Å². The molecule has 0 amide bonds. The van der Waals surface area contributed by atoms with Gasteiger partial charge in [0.2, 0.25) is 17.2 Å². The quantitative estimate of drug-likeness (QED) is 0.365. The lowest BCUT2D eigenvalue weighted by atomic mass is 10.2. The molecule has 0 aliphatic carbocycles. The van der Waals surface area contributed by atoms with Crippen molar-refractivity contribution in [1.29, 1.82) is 0 Å². The first kappa shape index (κ1) is 19.3. The van der Waals surface area contributed by atoms with Crippen LogP contribution in [0.4, 0.5) is 11.8 Å². The van der Waals surface area contributed by atoms with Crippen molar-refractivity contribution in [3.8, 4) is 17.6 Å². The van der Waals surface area contributed by atoms with Gasteiger partial charge in [-0.25, -0.2) is 9.97 Å². The summed E-state index contributed by atoms with van der Waals surface area (Å²) in [4.78, 5) is 12.4. The molecule has 4 aromatic rings. The molecule has 9 nitrogen and oxygen atoms in total. The maximum absolute atomic E-state index is 5.73. The van der Waals surface area contributed by atoms with Crippen LogP contribution in [0.2, 0.25) is 0 Å². The second kappa shape index (κ2) is 7.75. The molecule has 0 spiro atoms. The summed E-state index contributed by atoms with van der Waals surface area (Å²) in [6, 6.07) is 5.36. The predicted molar refractivity (Wildman–Crippen MR) is 105 cm³/mol. The minimum Gasteiger partial charge on any atom is -0.494 e. The molecule has 0 radical (unpaired) electrons. The minimum atomic E-state index is -1.82. The first-order valence-corrected chi connectivity index (χ1v) is 9.02. The molecular weight excluding hydrogens is 443 g/mol. The van der Waals surface area contributed by atoms with E-state index in [0.29, 0.717) is 28.1 Å². The smallest absolute Gasteiger partial charge is 0.327 e. The van der Waals surface area contributed by atoms with Crippen molar-refractivity contribution in [3.05, 3.63) is 47.7 Å². The van der Waals surface area contributed by atoms with E-state index in [4.69, 9.17) is 48.6 Å². The first-order chi connectivity index (χ1) is 14.0. The lowest BCUT2D eigenvalue weighted by Gasteiger charge is -2.02. The van der Waals surface area contributed by atoms with Crippen molar-refractivity contribution in [2.24, 2.45) is 0 Å². The van der Waals surface area contributed by atoms with Gasteiger partial charge in [0, 0.05) is 6.20 Å². The van der Waals surface area contributed by atoms with Crippen molar-refractivity contribution < 1.29 is 13.8 Å². The fraction of sp³-hybridized carbons (Fsp3) is 0.118. The van der Waals surface area contributed by atoms with Gasteiger partial charge in [0.05, 0.1) is 13.3 Å². The second-order valence-electron chi connectivity index (χ2n) is 5.42. The first-order valence-electron chi connectivity index (χ1n) is 7.89. The zero-order valence-electron chi connectivity index (χ0n) is 14.5. The number of hydrogen-bond acceptors (Lipinski definition) is 9. The largest absolute Gasteiger partial charge is 0.494 e. The Morgan fingerprint density at radius 3 is 2.66 bits per heavy atom. The Hall–Kier alpha value is -3.06. The third-order valence-corrected chi connectivity index (χ3v) is 4.06. The van der Waals surface area contributed by atoms with Gasteiger partial charge in [0.15, 0.2) is 11.3 Å². The zero-order valence-corrected chi connectivity index (χ0v) is 16.7. The maximum Gasteiger partial charge on any atom is 0.327 e. The van der Waals surface area contributed by atoms with Crippen LogP contribution in [0, 0.1) is 11.8 Å². The minimum absolute atomic E-state index is 0.0553. The fourth-order valence-electron chi connectivity index (χ4n) is 2.28. The van der Waals surface area contributed by atoms with Crippen LogP contribution in [0.1, 0.15) is 17.1 Å². The number of aromatic nitrogens is 5. The van der Waals surface area contributed by atoms with E-state index in [1.165, 1.54) is 13.3 Å². The van der Waals surface area contributed by atoms with Crippen LogP contribution in [0.5, 0.6) is 5.75 Å². The molecule has 4 heterocycles. The highest BCUT2D eigenvalue weighted by Gasteiger charge is 2.30. The standard InChI is InChI=1S/C17H9Cl3N6O3/c1-27-11-8-22-12-13(10(11)6-5-9-4-2-3-7-21-9)28-25-14(12)23-16-24-15(26-29-16)17(18,19)20/h2-4,7-8H,1H3,(H,23,24,25,26). The van der Waals surface area contributed by atoms with Gasteiger partial charge in [-0.2, -0.15) is 4.98 Å². The predicted octanol–water partition coefficient (Wildman–Crippen LogP) is 3.98. The lowest BCUT2D eigenvalue weighted by Crippen LogP contribution is -2.02. The number of fused-ring (bicyclic) bond motifs is 1. The number of anilines is 2. The SMILES string of the molecule is COc1cnc2c(Nc3nc(C(Cl)(Cl)Cl)no3)noc2c1C#Cc1ccccn1. The Balaban J connectivity index is 1.72. The average molecular weight is 452 g/mol. The summed E-state index contributed by atoms with van der Waals surface area (Å²) in [5, 5.41) is 10.3. The molecule has 1 N–H and O–H groups in total. The van der Waals surface area contributed by atoms with Crippen LogP contribution in [-0.2, 0) is 3.79 Å². The van der Waals surface area contributed by atoms with E-state index in [1.807, 2.05) is 6.07 Å². The Kier molecular flexibility index (Phi) is 5.15. The van der Waals surface area contributed by atoms with Crippen molar-refractivity contribution in [2.45, 2.75) is 3.79 Å². The molecule has 12 heteroatoms. The van der Waals surface area contributed by atoms with Crippen molar-refractivity contribution in [2.75, 3.05) is 12.4 Å². The molecule has 0 saturated heterocycles. The molecule has 0 aliphatic rings. The van der Waals surface area contributed by atoms with E-state index >= 15 is 0 Å². The summed E-state index contributed by atoms with van der Waals surface area (Å²) in [7, 11) is 1.50. The number of alkyl halides is 3. The number of nitrogens with one attached hydrogen (secondary N) is 1. The molecule has 4 rings (SSSR count). The van der Waals surface area contributed by atoms with Gasteiger partial charge in [-0.1, -0.05) is 57.1 Å². The summed E-state index contributed by atoms with van der Waals surface area (Å²) in [5.74, 6) is 6.42. The molecule has 0 atom stereocenters. The Morgan fingerprint density at radius 1 is 1.10 bits per heavy atom. The molecule has 0 aromatic carbocycles. The Morgan fingerprint density at radius 2 is 1.97 bits per heavy atom. The fourth-order valence-corrected chi connectivity index (χ4v) is 2.51. The van der Waals surface area contributed by atoms with Crippen LogP contribution < -0.4 is 10.1 Å². The number of halogens is 3. The number of rotatable bonds is 3. The van der Waals surface area contributed by atoms with Gasteiger partial charge in [0.25, 0.3) is 3.79 Å². The summed E-state index contributed by atoms with van der Waals surface area (Å²) in [5.41, 5.74) is 1.71. The van der Waals surface area contributed by atoms with E-state index in [2.05, 4.69) is 42.4 Å². The third kappa shape index (κ3) is 4.05. The molecule has 146 valence electrons. The maximum atomic E-state index is 5.73. The molecule has 29 heavy (non-hydrogen) atoms. The summed E-state index contributed by atoms with van der Waals surface area (Å²) in [6.07, 6.45) is 3.14. The van der Waals surface area contributed by atoms with E-state index in [9.17, 15) is 0 Å². The van der Waals surface area contributed by atoms with E-state index in [0.717, 1.165) is 0 Å². The topological polar surface area (TPSA) is 112 Å². The molecular formula is C17H9Cl3N6O3. The number of hydrogen-bond donors (Lipinski definition) is 1. The zero-order chi connectivity index (χ0) is 20.4. The Bertz CT molecular complexity index is 1220.